The Balaban J connectivity index is 1.67. The zero-order chi connectivity index (χ0) is 22.1. The van der Waals surface area contributed by atoms with Crippen LogP contribution in [0.4, 0.5) is 5.69 Å². The van der Waals surface area contributed by atoms with E-state index in [2.05, 4.69) is 11.4 Å². The number of amides is 1. The summed E-state index contributed by atoms with van der Waals surface area (Å²) in [5.74, 6) is 0.419. The van der Waals surface area contributed by atoms with Crippen molar-refractivity contribution in [1.82, 2.24) is 4.57 Å². The standard InChI is InChI=1S/C24H17Cl2N3O2/c1-29-22-10-8-17(31-2)12-18(22)19(13-27)23(29)14-3-5-15(6-4-14)24(30)28-16-7-9-20(25)21(26)11-16/h3-12H,1-2H3,(H,28,30). The van der Waals surface area contributed by atoms with Crippen molar-refractivity contribution in [1.29, 1.82) is 5.26 Å². The van der Waals surface area contributed by atoms with Crippen LogP contribution in [0, 0.1) is 11.3 Å². The first-order valence-corrected chi connectivity index (χ1v) is 10.1. The smallest absolute Gasteiger partial charge is 0.255 e. The van der Waals surface area contributed by atoms with Crippen molar-refractivity contribution in [2.45, 2.75) is 0 Å². The summed E-state index contributed by atoms with van der Waals surface area (Å²) in [6.45, 7) is 0. The SMILES string of the molecule is COc1ccc2c(c1)c(C#N)c(-c1ccc(C(=O)Nc3ccc(Cl)c(Cl)c3)cc1)n2C. The second-order valence-electron chi connectivity index (χ2n) is 6.94. The fourth-order valence-corrected chi connectivity index (χ4v) is 3.86. The van der Waals surface area contributed by atoms with Gasteiger partial charge in [-0.2, -0.15) is 5.26 Å². The lowest BCUT2D eigenvalue weighted by molar-refractivity contribution is 0.102. The third-order valence-electron chi connectivity index (χ3n) is 5.12. The van der Waals surface area contributed by atoms with Gasteiger partial charge < -0.3 is 14.6 Å². The summed E-state index contributed by atoms with van der Waals surface area (Å²) in [6.07, 6.45) is 0. The molecule has 0 radical (unpaired) electrons. The zero-order valence-electron chi connectivity index (χ0n) is 16.7. The van der Waals surface area contributed by atoms with E-state index in [0.29, 0.717) is 32.6 Å². The minimum Gasteiger partial charge on any atom is -0.497 e. The maximum atomic E-state index is 12.6. The van der Waals surface area contributed by atoms with Gasteiger partial charge in [0.15, 0.2) is 0 Å². The van der Waals surface area contributed by atoms with Gasteiger partial charge in [0.25, 0.3) is 5.91 Å². The summed E-state index contributed by atoms with van der Waals surface area (Å²) in [6, 6.07) is 20.0. The van der Waals surface area contributed by atoms with Gasteiger partial charge in [0.1, 0.15) is 11.8 Å². The predicted octanol–water partition coefficient (Wildman–Crippen LogP) is 6.28. The van der Waals surface area contributed by atoms with Crippen molar-refractivity contribution in [2.24, 2.45) is 7.05 Å². The molecule has 0 bridgehead atoms. The number of rotatable bonds is 4. The van der Waals surface area contributed by atoms with E-state index in [0.717, 1.165) is 22.2 Å². The van der Waals surface area contributed by atoms with Crippen LogP contribution in [0.1, 0.15) is 15.9 Å². The van der Waals surface area contributed by atoms with Crippen LogP contribution in [0.5, 0.6) is 5.75 Å². The highest BCUT2D eigenvalue weighted by atomic mass is 35.5. The van der Waals surface area contributed by atoms with Crippen molar-refractivity contribution in [3.05, 3.63) is 81.8 Å². The maximum absolute atomic E-state index is 12.6. The number of anilines is 1. The van der Waals surface area contributed by atoms with Crippen molar-refractivity contribution in [3.63, 3.8) is 0 Å². The summed E-state index contributed by atoms with van der Waals surface area (Å²) < 4.78 is 7.27. The molecule has 154 valence electrons. The number of halogens is 2. The molecule has 0 fully saturated rings. The molecule has 1 N–H and O–H groups in total. The Morgan fingerprint density at radius 1 is 1.03 bits per heavy atom. The number of aromatic nitrogens is 1. The van der Waals surface area contributed by atoms with Gasteiger partial charge in [-0.25, -0.2) is 0 Å². The van der Waals surface area contributed by atoms with Crippen LogP contribution >= 0.6 is 23.2 Å². The number of nitrogens with one attached hydrogen (secondary N) is 1. The quantitative estimate of drug-likeness (QED) is 0.398. The lowest BCUT2D eigenvalue weighted by atomic mass is 10.0. The molecule has 0 saturated carbocycles. The lowest BCUT2D eigenvalue weighted by Gasteiger charge is -2.09. The molecule has 31 heavy (non-hydrogen) atoms. The van der Waals surface area contributed by atoms with Crippen LogP contribution in [0.15, 0.2) is 60.7 Å². The minimum atomic E-state index is -0.271. The molecular weight excluding hydrogens is 433 g/mol. The van der Waals surface area contributed by atoms with Crippen molar-refractivity contribution in [2.75, 3.05) is 12.4 Å². The number of nitriles is 1. The highest BCUT2D eigenvalue weighted by molar-refractivity contribution is 6.42. The molecule has 0 saturated heterocycles. The summed E-state index contributed by atoms with van der Waals surface area (Å²) >= 11 is 11.9. The minimum absolute atomic E-state index is 0.271. The fraction of sp³-hybridized carbons (Fsp3) is 0.0833. The Bertz CT molecular complexity index is 1350. The van der Waals surface area contributed by atoms with Crippen LogP contribution in [0.3, 0.4) is 0 Å². The van der Waals surface area contributed by atoms with Gasteiger partial charge >= 0.3 is 0 Å². The average Bonchev–Trinajstić information content (AvgIpc) is 3.07. The van der Waals surface area contributed by atoms with Gasteiger partial charge in [0, 0.05) is 29.2 Å². The van der Waals surface area contributed by atoms with E-state index in [9.17, 15) is 10.1 Å². The normalized spacial score (nSPS) is 10.7. The second-order valence-corrected chi connectivity index (χ2v) is 7.75. The molecule has 4 aromatic rings. The molecule has 1 aromatic heterocycles. The Morgan fingerprint density at radius 2 is 1.77 bits per heavy atom. The van der Waals surface area contributed by atoms with E-state index in [4.69, 9.17) is 27.9 Å². The van der Waals surface area contributed by atoms with Gasteiger partial charge in [-0.15, -0.1) is 0 Å². The molecule has 0 aliphatic heterocycles. The number of fused-ring (bicyclic) bond motifs is 1. The Morgan fingerprint density at radius 3 is 2.42 bits per heavy atom. The highest BCUT2D eigenvalue weighted by Gasteiger charge is 2.18. The van der Waals surface area contributed by atoms with Crippen LogP contribution < -0.4 is 10.1 Å². The molecule has 1 heterocycles. The molecular formula is C24H17Cl2N3O2. The summed E-state index contributed by atoms with van der Waals surface area (Å²) in [4.78, 5) is 12.6. The molecule has 3 aromatic carbocycles. The third-order valence-corrected chi connectivity index (χ3v) is 5.86. The number of hydrogen-bond acceptors (Lipinski definition) is 3. The Kier molecular flexibility index (Phi) is 5.60. The highest BCUT2D eigenvalue weighted by Crippen LogP contribution is 2.34. The number of benzene rings is 3. The summed E-state index contributed by atoms with van der Waals surface area (Å²) in [5, 5.41) is 14.2. The van der Waals surface area contributed by atoms with Crippen molar-refractivity contribution in [3.8, 4) is 23.1 Å². The topological polar surface area (TPSA) is 67.0 Å². The van der Waals surface area contributed by atoms with E-state index in [-0.39, 0.29) is 5.91 Å². The first-order chi connectivity index (χ1) is 14.9. The molecule has 0 aliphatic rings. The number of methoxy groups -OCH3 is 1. The monoisotopic (exact) mass is 449 g/mol. The first-order valence-electron chi connectivity index (χ1n) is 9.36. The van der Waals surface area contributed by atoms with Gasteiger partial charge in [0.2, 0.25) is 0 Å². The molecule has 0 aliphatic carbocycles. The molecule has 0 atom stereocenters. The van der Waals surface area contributed by atoms with Gasteiger partial charge in [-0.3, -0.25) is 4.79 Å². The van der Waals surface area contributed by atoms with Crippen LogP contribution in [0.2, 0.25) is 10.0 Å². The van der Waals surface area contributed by atoms with E-state index in [1.54, 1.807) is 37.4 Å². The van der Waals surface area contributed by atoms with Gasteiger partial charge in [-0.1, -0.05) is 35.3 Å². The summed E-state index contributed by atoms with van der Waals surface area (Å²) in [5.41, 5.74) is 4.13. The number of hydrogen-bond donors (Lipinski definition) is 1. The average molecular weight is 450 g/mol. The largest absolute Gasteiger partial charge is 0.497 e. The molecule has 5 nitrogen and oxygen atoms in total. The van der Waals surface area contributed by atoms with E-state index in [1.807, 2.05) is 41.9 Å². The number of aryl methyl sites for hydroxylation is 1. The number of carbonyl (C=O) groups is 1. The van der Waals surface area contributed by atoms with E-state index < -0.39 is 0 Å². The van der Waals surface area contributed by atoms with Crippen molar-refractivity contribution < 1.29 is 9.53 Å². The Hall–Kier alpha value is -3.46. The van der Waals surface area contributed by atoms with Gasteiger partial charge in [-0.05, 0) is 54.1 Å². The molecule has 1 amide bonds. The number of carbonyl (C=O) groups excluding carboxylic acids is 1. The third kappa shape index (κ3) is 3.84. The zero-order valence-corrected chi connectivity index (χ0v) is 18.3. The maximum Gasteiger partial charge on any atom is 0.255 e. The van der Waals surface area contributed by atoms with Crippen LogP contribution in [0.25, 0.3) is 22.2 Å². The predicted molar refractivity (Wildman–Crippen MR) is 124 cm³/mol. The molecule has 0 spiro atoms. The van der Waals surface area contributed by atoms with Crippen LogP contribution in [-0.4, -0.2) is 17.6 Å². The molecule has 7 heteroatoms. The van der Waals surface area contributed by atoms with Crippen LogP contribution in [-0.2, 0) is 7.05 Å². The number of ether oxygens (including phenoxy) is 1. The Labute approximate surface area is 189 Å². The fourth-order valence-electron chi connectivity index (χ4n) is 3.56. The molecule has 0 unspecified atom stereocenters. The lowest BCUT2D eigenvalue weighted by Crippen LogP contribution is -2.11. The first kappa shape index (κ1) is 20.8. The van der Waals surface area contributed by atoms with Crippen molar-refractivity contribution >= 4 is 45.7 Å². The van der Waals surface area contributed by atoms with Gasteiger partial charge in [0.05, 0.1) is 28.4 Å². The summed E-state index contributed by atoms with van der Waals surface area (Å²) in [7, 11) is 3.51. The molecule has 4 rings (SSSR count). The second kappa shape index (κ2) is 8.35. The van der Waals surface area contributed by atoms with E-state index >= 15 is 0 Å². The number of nitrogens with zero attached hydrogens (tertiary/aromatic N) is 2. The van der Waals surface area contributed by atoms with E-state index in [1.165, 1.54) is 0 Å².